The molecule has 0 aliphatic rings. The average Bonchev–Trinajstić information content (AvgIpc) is 2.46. The monoisotopic (exact) mass is 277 g/mol. The molecule has 0 bridgehead atoms. The molecule has 0 aromatic heterocycles. The van der Waals surface area contributed by atoms with E-state index in [4.69, 9.17) is 5.73 Å². The summed E-state index contributed by atoms with van der Waals surface area (Å²) in [6.45, 7) is 7.71. The fourth-order valence-electron chi connectivity index (χ4n) is 2.00. The number of amides is 1. The van der Waals surface area contributed by atoms with Gasteiger partial charge in [0.05, 0.1) is 6.04 Å². The number of anilines is 1. The summed E-state index contributed by atoms with van der Waals surface area (Å²) in [5, 5.41) is 2.95. The smallest absolute Gasteiger partial charge is 0.241 e. The number of likely N-dealkylation sites (N-methyl/N-ethyl adjacent to an activating group) is 1. The van der Waals surface area contributed by atoms with Gasteiger partial charge in [-0.05, 0) is 37.6 Å². The molecule has 0 fully saturated rings. The molecule has 0 radical (unpaired) electrons. The van der Waals surface area contributed by atoms with Gasteiger partial charge in [-0.3, -0.25) is 9.69 Å². The lowest BCUT2D eigenvalue weighted by Gasteiger charge is -2.26. The van der Waals surface area contributed by atoms with E-state index < -0.39 is 0 Å². The van der Waals surface area contributed by atoms with Gasteiger partial charge in [0, 0.05) is 18.8 Å². The Bertz CT molecular complexity index is 433. The van der Waals surface area contributed by atoms with Gasteiger partial charge in [0.1, 0.15) is 0 Å². The van der Waals surface area contributed by atoms with Crippen LogP contribution in [0.2, 0.25) is 0 Å². The molecule has 112 valence electrons. The van der Waals surface area contributed by atoms with Crippen LogP contribution in [-0.4, -0.2) is 30.4 Å². The highest BCUT2D eigenvalue weighted by Gasteiger charge is 2.19. The summed E-state index contributed by atoms with van der Waals surface area (Å²) < 4.78 is 0. The summed E-state index contributed by atoms with van der Waals surface area (Å²) >= 11 is 0. The maximum Gasteiger partial charge on any atom is 0.241 e. The van der Waals surface area contributed by atoms with Crippen molar-refractivity contribution in [2.24, 2.45) is 11.7 Å². The van der Waals surface area contributed by atoms with Crippen LogP contribution in [-0.2, 0) is 11.3 Å². The van der Waals surface area contributed by atoms with Crippen molar-refractivity contribution >= 4 is 11.6 Å². The van der Waals surface area contributed by atoms with Crippen molar-refractivity contribution in [1.82, 2.24) is 4.90 Å². The number of carbonyl (C=O) groups excluding carboxylic acids is 1. The zero-order valence-corrected chi connectivity index (χ0v) is 13.0. The average molecular weight is 277 g/mol. The Morgan fingerprint density at radius 2 is 2.10 bits per heavy atom. The Balaban J connectivity index is 2.60. The highest BCUT2D eigenvalue weighted by molar-refractivity contribution is 5.94. The zero-order chi connectivity index (χ0) is 15.1. The Hall–Kier alpha value is -1.39. The van der Waals surface area contributed by atoms with Crippen LogP contribution >= 0.6 is 0 Å². The number of hydrogen-bond donors (Lipinski definition) is 2. The molecule has 0 heterocycles. The normalized spacial score (nSPS) is 14.1. The Morgan fingerprint density at radius 1 is 1.40 bits per heavy atom. The van der Waals surface area contributed by atoms with Gasteiger partial charge in [0.2, 0.25) is 5.91 Å². The van der Waals surface area contributed by atoms with E-state index in [-0.39, 0.29) is 11.9 Å². The van der Waals surface area contributed by atoms with Crippen LogP contribution in [0.15, 0.2) is 24.3 Å². The van der Waals surface area contributed by atoms with Crippen LogP contribution in [0.4, 0.5) is 5.69 Å². The molecule has 1 aromatic carbocycles. The molecule has 1 aromatic rings. The molecule has 2 atom stereocenters. The topological polar surface area (TPSA) is 58.4 Å². The predicted molar refractivity (Wildman–Crippen MR) is 84.5 cm³/mol. The largest absolute Gasteiger partial charge is 0.326 e. The molecule has 4 nitrogen and oxygen atoms in total. The van der Waals surface area contributed by atoms with Gasteiger partial charge in [-0.25, -0.2) is 0 Å². The lowest BCUT2D eigenvalue weighted by atomic mass is 10.1. The van der Waals surface area contributed by atoms with E-state index in [1.807, 2.05) is 38.2 Å². The molecular formula is C16H27N3O. The van der Waals surface area contributed by atoms with Crippen molar-refractivity contribution in [3.63, 3.8) is 0 Å². The van der Waals surface area contributed by atoms with Crippen LogP contribution in [0.25, 0.3) is 0 Å². The minimum absolute atomic E-state index is 0.0185. The SMILES string of the molecule is CCC(C)CN(C)C(C)C(=O)Nc1cccc(CN)c1. The fourth-order valence-corrected chi connectivity index (χ4v) is 2.00. The number of carbonyl (C=O) groups is 1. The van der Waals surface area contributed by atoms with Crippen molar-refractivity contribution in [2.45, 2.75) is 39.8 Å². The highest BCUT2D eigenvalue weighted by Crippen LogP contribution is 2.12. The lowest BCUT2D eigenvalue weighted by molar-refractivity contribution is -0.120. The first-order chi connectivity index (χ1) is 9.47. The van der Waals surface area contributed by atoms with Gasteiger partial charge in [-0.1, -0.05) is 32.4 Å². The summed E-state index contributed by atoms with van der Waals surface area (Å²) in [5.41, 5.74) is 7.43. The first-order valence-corrected chi connectivity index (χ1v) is 7.28. The van der Waals surface area contributed by atoms with Gasteiger partial charge in [0.15, 0.2) is 0 Å². The molecule has 4 heteroatoms. The number of nitrogens with two attached hydrogens (primary N) is 1. The van der Waals surface area contributed by atoms with E-state index in [9.17, 15) is 4.79 Å². The van der Waals surface area contributed by atoms with Crippen LogP contribution < -0.4 is 11.1 Å². The van der Waals surface area contributed by atoms with E-state index in [1.165, 1.54) is 0 Å². The molecule has 2 unspecified atom stereocenters. The van der Waals surface area contributed by atoms with E-state index in [2.05, 4.69) is 24.1 Å². The Kier molecular flexibility index (Phi) is 6.68. The number of rotatable bonds is 7. The molecular weight excluding hydrogens is 250 g/mol. The predicted octanol–water partition coefficient (Wildman–Crippen LogP) is 2.45. The standard InChI is InChI=1S/C16H27N3O/c1-5-12(2)11-19(4)13(3)16(20)18-15-8-6-7-14(9-15)10-17/h6-9,12-13H,5,10-11,17H2,1-4H3,(H,18,20). The van der Waals surface area contributed by atoms with Crippen molar-refractivity contribution in [2.75, 3.05) is 18.9 Å². The molecule has 0 saturated carbocycles. The summed E-state index contributed by atoms with van der Waals surface area (Å²) in [6.07, 6.45) is 1.12. The highest BCUT2D eigenvalue weighted by atomic mass is 16.2. The number of benzene rings is 1. The second-order valence-corrected chi connectivity index (χ2v) is 5.52. The summed E-state index contributed by atoms with van der Waals surface area (Å²) in [4.78, 5) is 14.3. The van der Waals surface area contributed by atoms with E-state index in [1.54, 1.807) is 0 Å². The second kappa shape index (κ2) is 8.02. The van der Waals surface area contributed by atoms with Gasteiger partial charge >= 0.3 is 0 Å². The summed E-state index contributed by atoms with van der Waals surface area (Å²) in [6, 6.07) is 7.52. The van der Waals surface area contributed by atoms with E-state index in [0.717, 1.165) is 24.2 Å². The van der Waals surface area contributed by atoms with E-state index >= 15 is 0 Å². The first-order valence-electron chi connectivity index (χ1n) is 7.28. The fraction of sp³-hybridized carbons (Fsp3) is 0.562. The summed E-state index contributed by atoms with van der Waals surface area (Å²) in [7, 11) is 1.99. The van der Waals surface area contributed by atoms with Gasteiger partial charge in [0.25, 0.3) is 0 Å². The molecule has 3 N–H and O–H groups in total. The molecule has 1 rings (SSSR count). The molecule has 0 saturated heterocycles. The van der Waals surface area contributed by atoms with Crippen LogP contribution in [0.5, 0.6) is 0 Å². The maximum atomic E-state index is 12.2. The Labute approximate surface area is 122 Å². The van der Waals surface area contributed by atoms with Crippen LogP contribution in [0.3, 0.4) is 0 Å². The number of hydrogen-bond acceptors (Lipinski definition) is 3. The lowest BCUT2D eigenvalue weighted by Crippen LogP contribution is -2.41. The molecule has 0 spiro atoms. The third kappa shape index (κ3) is 4.94. The maximum absolute atomic E-state index is 12.2. The zero-order valence-electron chi connectivity index (χ0n) is 13.0. The number of nitrogens with one attached hydrogen (secondary N) is 1. The van der Waals surface area contributed by atoms with Gasteiger partial charge in [-0.2, -0.15) is 0 Å². The van der Waals surface area contributed by atoms with Gasteiger partial charge in [-0.15, -0.1) is 0 Å². The second-order valence-electron chi connectivity index (χ2n) is 5.52. The first kappa shape index (κ1) is 16.7. The summed E-state index contributed by atoms with van der Waals surface area (Å²) in [5.74, 6) is 0.612. The molecule has 0 aliphatic carbocycles. The molecule has 0 aliphatic heterocycles. The Morgan fingerprint density at radius 3 is 2.70 bits per heavy atom. The van der Waals surface area contributed by atoms with Crippen molar-refractivity contribution in [1.29, 1.82) is 0 Å². The third-order valence-electron chi connectivity index (χ3n) is 3.77. The van der Waals surface area contributed by atoms with Crippen molar-refractivity contribution in [3.8, 4) is 0 Å². The third-order valence-corrected chi connectivity index (χ3v) is 3.77. The molecule has 20 heavy (non-hydrogen) atoms. The quantitative estimate of drug-likeness (QED) is 0.805. The van der Waals surface area contributed by atoms with Gasteiger partial charge < -0.3 is 11.1 Å². The minimum Gasteiger partial charge on any atom is -0.326 e. The molecule has 1 amide bonds. The minimum atomic E-state index is -0.148. The van der Waals surface area contributed by atoms with Crippen LogP contribution in [0.1, 0.15) is 32.8 Å². The van der Waals surface area contributed by atoms with Crippen molar-refractivity contribution in [3.05, 3.63) is 29.8 Å². The van der Waals surface area contributed by atoms with Crippen LogP contribution in [0, 0.1) is 5.92 Å². The number of nitrogens with zero attached hydrogens (tertiary/aromatic N) is 1. The van der Waals surface area contributed by atoms with E-state index in [0.29, 0.717) is 12.5 Å². The van der Waals surface area contributed by atoms with Crippen molar-refractivity contribution < 1.29 is 4.79 Å².